The lowest BCUT2D eigenvalue weighted by molar-refractivity contribution is -0.160. The lowest BCUT2D eigenvalue weighted by atomic mass is 9.80. The topological polar surface area (TPSA) is 35.5 Å². The third-order valence-corrected chi connectivity index (χ3v) is 3.04. The number of hydrogen-bond acceptors (Lipinski definition) is 3. The van der Waals surface area contributed by atoms with Gasteiger partial charge >= 0.3 is 5.97 Å². The Morgan fingerprint density at radius 3 is 3.00 bits per heavy atom. The second-order valence-electron chi connectivity index (χ2n) is 3.69. The summed E-state index contributed by atoms with van der Waals surface area (Å²) >= 11 is 0. The van der Waals surface area contributed by atoms with Gasteiger partial charge in [0, 0.05) is 5.92 Å². The summed E-state index contributed by atoms with van der Waals surface area (Å²) in [6.45, 7) is 0.594. The first-order chi connectivity index (χ1) is 5.34. The highest BCUT2D eigenvalue weighted by Gasteiger charge is 2.54. The van der Waals surface area contributed by atoms with Crippen LogP contribution in [0.3, 0.4) is 0 Å². The van der Waals surface area contributed by atoms with Gasteiger partial charge in [0.25, 0.3) is 0 Å². The van der Waals surface area contributed by atoms with E-state index in [0.717, 1.165) is 12.8 Å². The van der Waals surface area contributed by atoms with Gasteiger partial charge in [0.15, 0.2) is 0 Å². The molecule has 60 valence electrons. The van der Waals surface area contributed by atoms with Crippen LogP contribution in [0.5, 0.6) is 0 Å². The first-order valence-corrected chi connectivity index (χ1v) is 4.16. The lowest BCUT2D eigenvalue weighted by Crippen LogP contribution is -2.41. The van der Waals surface area contributed by atoms with Crippen LogP contribution in [0.2, 0.25) is 0 Å². The molecule has 3 heterocycles. The van der Waals surface area contributed by atoms with Gasteiger partial charge in [0.1, 0.15) is 0 Å². The van der Waals surface area contributed by atoms with Gasteiger partial charge in [-0.25, -0.2) is 0 Å². The van der Waals surface area contributed by atoms with Crippen LogP contribution in [0.25, 0.3) is 0 Å². The fraction of sp³-hybridized carbons (Fsp3) is 0.875. The van der Waals surface area contributed by atoms with Gasteiger partial charge in [-0.3, -0.25) is 4.79 Å². The summed E-state index contributed by atoms with van der Waals surface area (Å²) in [7, 11) is 0. The van der Waals surface area contributed by atoms with Gasteiger partial charge in [-0.05, 0) is 12.8 Å². The lowest BCUT2D eigenvalue weighted by Gasteiger charge is -2.30. The Morgan fingerprint density at radius 1 is 1.36 bits per heavy atom. The first-order valence-electron chi connectivity index (χ1n) is 4.16. The standard InChI is InChI=1S/C8H10O3/c9-8-6-2-5-1-4(3-10-8)7(6)11-5/h4-7H,1-3H2. The Labute approximate surface area is 64.7 Å². The van der Waals surface area contributed by atoms with Crippen molar-refractivity contribution in [2.24, 2.45) is 11.8 Å². The third kappa shape index (κ3) is 0.644. The molecule has 0 saturated carbocycles. The molecule has 3 saturated heterocycles. The van der Waals surface area contributed by atoms with Crippen LogP contribution in [-0.4, -0.2) is 24.8 Å². The molecule has 0 spiro atoms. The fourth-order valence-corrected chi connectivity index (χ4v) is 2.54. The molecule has 3 rings (SSSR count). The van der Waals surface area contributed by atoms with E-state index >= 15 is 0 Å². The summed E-state index contributed by atoms with van der Waals surface area (Å²) in [5.41, 5.74) is 0. The van der Waals surface area contributed by atoms with Crippen molar-refractivity contribution in [2.45, 2.75) is 25.0 Å². The van der Waals surface area contributed by atoms with Crippen LogP contribution >= 0.6 is 0 Å². The average molecular weight is 154 g/mol. The number of ether oxygens (including phenoxy) is 2. The van der Waals surface area contributed by atoms with Crippen molar-refractivity contribution in [3.63, 3.8) is 0 Å². The summed E-state index contributed by atoms with van der Waals surface area (Å²) in [6, 6.07) is 0. The maximum absolute atomic E-state index is 11.1. The number of cyclic esters (lactones) is 1. The average Bonchev–Trinajstić information content (AvgIpc) is 2.54. The molecular weight excluding hydrogens is 144 g/mol. The molecule has 4 atom stereocenters. The van der Waals surface area contributed by atoms with Crippen molar-refractivity contribution >= 4 is 5.97 Å². The molecule has 4 unspecified atom stereocenters. The van der Waals surface area contributed by atoms with Crippen LogP contribution < -0.4 is 0 Å². The highest BCUT2D eigenvalue weighted by molar-refractivity contribution is 5.74. The molecular formula is C8H10O3. The van der Waals surface area contributed by atoms with Crippen LogP contribution in [0.1, 0.15) is 12.8 Å². The summed E-state index contributed by atoms with van der Waals surface area (Å²) in [5, 5.41) is 0. The Bertz CT molecular complexity index is 213. The van der Waals surface area contributed by atoms with Crippen LogP contribution in [0, 0.1) is 11.8 Å². The van der Waals surface area contributed by atoms with Gasteiger partial charge in [-0.1, -0.05) is 0 Å². The van der Waals surface area contributed by atoms with Crippen molar-refractivity contribution in [3.8, 4) is 0 Å². The van der Waals surface area contributed by atoms with E-state index in [1.807, 2.05) is 0 Å². The molecule has 0 amide bonds. The number of fused-ring (bicyclic) bond motifs is 1. The molecule has 3 aliphatic rings. The van der Waals surface area contributed by atoms with E-state index in [0.29, 0.717) is 18.6 Å². The van der Waals surface area contributed by atoms with Gasteiger partial charge in [0.2, 0.25) is 0 Å². The number of carbonyl (C=O) groups is 1. The molecule has 0 N–H and O–H groups in total. The van der Waals surface area contributed by atoms with E-state index in [2.05, 4.69) is 0 Å². The quantitative estimate of drug-likeness (QED) is 0.472. The van der Waals surface area contributed by atoms with Gasteiger partial charge in [-0.2, -0.15) is 0 Å². The summed E-state index contributed by atoms with van der Waals surface area (Å²) < 4.78 is 10.6. The summed E-state index contributed by atoms with van der Waals surface area (Å²) in [5.74, 6) is 0.553. The zero-order valence-corrected chi connectivity index (χ0v) is 6.16. The van der Waals surface area contributed by atoms with E-state index in [9.17, 15) is 4.79 Å². The van der Waals surface area contributed by atoms with Crippen molar-refractivity contribution in [2.75, 3.05) is 6.61 Å². The zero-order valence-electron chi connectivity index (χ0n) is 6.16. The zero-order chi connectivity index (χ0) is 7.42. The molecule has 11 heavy (non-hydrogen) atoms. The van der Waals surface area contributed by atoms with Crippen molar-refractivity contribution in [3.05, 3.63) is 0 Å². The molecule has 0 aromatic carbocycles. The normalized spacial score (nSPS) is 52.9. The van der Waals surface area contributed by atoms with E-state index < -0.39 is 0 Å². The maximum Gasteiger partial charge on any atom is 0.311 e. The molecule has 0 aliphatic carbocycles. The predicted molar refractivity (Wildman–Crippen MR) is 35.8 cm³/mol. The van der Waals surface area contributed by atoms with Crippen molar-refractivity contribution in [1.29, 1.82) is 0 Å². The fourth-order valence-electron chi connectivity index (χ4n) is 2.54. The maximum atomic E-state index is 11.1. The SMILES string of the molecule is O=C1OCC2CC3CC1C2O3. The van der Waals surface area contributed by atoms with Gasteiger partial charge < -0.3 is 9.47 Å². The summed E-state index contributed by atoms with van der Waals surface area (Å²) in [6.07, 6.45) is 2.58. The number of hydrogen-bond donors (Lipinski definition) is 0. The van der Waals surface area contributed by atoms with Crippen LogP contribution in [-0.2, 0) is 14.3 Å². The number of esters is 1. The van der Waals surface area contributed by atoms with E-state index in [4.69, 9.17) is 9.47 Å². The Kier molecular flexibility index (Phi) is 0.969. The summed E-state index contributed by atoms with van der Waals surface area (Å²) in [4.78, 5) is 11.1. The van der Waals surface area contributed by atoms with E-state index in [-0.39, 0.29) is 18.0 Å². The third-order valence-electron chi connectivity index (χ3n) is 3.04. The molecule has 0 aromatic heterocycles. The monoisotopic (exact) mass is 154 g/mol. The second kappa shape index (κ2) is 1.78. The molecule has 3 aliphatic heterocycles. The second-order valence-corrected chi connectivity index (χ2v) is 3.69. The molecule has 2 bridgehead atoms. The number of rotatable bonds is 0. The first kappa shape index (κ1) is 6.00. The Hall–Kier alpha value is -0.570. The Morgan fingerprint density at radius 2 is 2.27 bits per heavy atom. The van der Waals surface area contributed by atoms with Crippen LogP contribution in [0.4, 0.5) is 0 Å². The largest absolute Gasteiger partial charge is 0.465 e. The Balaban J connectivity index is 1.95. The van der Waals surface area contributed by atoms with Gasteiger partial charge in [0.05, 0.1) is 24.7 Å². The minimum absolute atomic E-state index is 0.0338. The van der Waals surface area contributed by atoms with Gasteiger partial charge in [-0.15, -0.1) is 0 Å². The minimum Gasteiger partial charge on any atom is -0.465 e. The smallest absolute Gasteiger partial charge is 0.311 e. The predicted octanol–water partition coefficient (Wildman–Crippen LogP) is 0.337. The molecule has 3 nitrogen and oxygen atoms in total. The minimum atomic E-state index is -0.0338. The molecule has 3 fully saturated rings. The molecule has 3 heteroatoms. The molecule has 0 radical (unpaired) electrons. The number of carbonyl (C=O) groups excluding carboxylic acids is 1. The highest BCUT2D eigenvalue weighted by atomic mass is 16.6. The van der Waals surface area contributed by atoms with Crippen molar-refractivity contribution < 1.29 is 14.3 Å². The van der Waals surface area contributed by atoms with Crippen LogP contribution in [0.15, 0.2) is 0 Å². The van der Waals surface area contributed by atoms with E-state index in [1.54, 1.807) is 0 Å². The molecule has 0 aromatic rings. The van der Waals surface area contributed by atoms with Crippen molar-refractivity contribution in [1.82, 2.24) is 0 Å². The van der Waals surface area contributed by atoms with E-state index in [1.165, 1.54) is 0 Å². The highest BCUT2D eigenvalue weighted by Crippen LogP contribution is 2.45.